The summed E-state index contributed by atoms with van der Waals surface area (Å²) in [5.41, 5.74) is 1.90. The van der Waals surface area contributed by atoms with E-state index in [0.717, 1.165) is 26.4 Å². The molecule has 0 saturated heterocycles. The lowest BCUT2D eigenvalue weighted by atomic mass is 10.0. The summed E-state index contributed by atoms with van der Waals surface area (Å²) in [6, 6.07) is 30.4. The summed E-state index contributed by atoms with van der Waals surface area (Å²) in [4.78, 5) is 28.2. The number of amides is 2. The van der Waals surface area contributed by atoms with Crippen LogP contribution in [0.25, 0.3) is 10.8 Å². The lowest BCUT2D eigenvalue weighted by Gasteiger charge is -2.31. The zero-order chi connectivity index (χ0) is 24.6. The number of rotatable bonds is 9. The molecule has 0 aromatic heterocycles. The average Bonchev–Trinajstić information content (AvgIpc) is 2.90. The van der Waals surface area contributed by atoms with E-state index >= 15 is 0 Å². The highest BCUT2D eigenvalue weighted by molar-refractivity contribution is 9.10. The second kappa shape index (κ2) is 11.7. The lowest BCUT2D eigenvalue weighted by Crippen LogP contribution is -2.51. The van der Waals surface area contributed by atoms with Gasteiger partial charge in [0.2, 0.25) is 5.91 Å². The van der Waals surface area contributed by atoms with Gasteiger partial charge < -0.3 is 15.0 Å². The van der Waals surface area contributed by atoms with Gasteiger partial charge in [0.05, 0.1) is 0 Å². The molecule has 0 bridgehead atoms. The van der Waals surface area contributed by atoms with Gasteiger partial charge in [-0.3, -0.25) is 9.59 Å². The molecule has 0 saturated carbocycles. The van der Waals surface area contributed by atoms with Crippen LogP contribution in [0.4, 0.5) is 0 Å². The van der Waals surface area contributed by atoms with E-state index in [9.17, 15) is 9.59 Å². The molecule has 0 heterocycles. The van der Waals surface area contributed by atoms with Crippen molar-refractivity contribution in [2.75, 3.05) is 13.7 Å². The van der Waals surface area contributed by atoms with Crippen LogP contribution in [0.1, 0.15) is 11.1 Å². The van der Waals surface area contributed by atoms with Gasteiger partial charge in [0.1, 0.15) is 11.8 Å². The molecule has 1 atom stereocenters. The molecule has 5 nitrogen and oxygen atoms in total. The molecule has 35 heavy (non-hydrogen) atoms. The summed E-state index contributed by atoms with van der Waals surface area (Å²) in [5.74, 6) is 0.162. The third-order valence-corrected chi connectivity index (χ3v) is 6.41. The Morgan fingerprint density at radius 2 is 1.54 bits per heavy atom. The summed E-state index contributed by atoms with van der Waals surface area (Å²) in [6.07, 6.45) is 0.400. The Labute approximate surface area is 213 Å². The van der Waals surface area contributed by atoms with Crippen molar-refractivity contribution in [1.29, 1.82) is 0 Å². The van der Waals surface area contributed by atoms with Crippen LogP contribution in [0.5, 0.6) is 5.75 Å². The monoisotopic (exact) mass is 530 g/mol. The van der Waals surface area contributed by atoms with E-state index in [1.54, 1.807) is 11.9 Å². The number of carbonyl (C=O) groups excluding carboxylic acids is 2. The summed E-state index contributed by atoms with van der Waals surface area (Å²) in [6.45, 7) is 0.114. The van der Waals surface area contributed by atoms with Crippen molar-refractivity contribution in [2.45, 2.75) is 19.0 Å². The summed E-state index contributed by atoms with van der Waals surface area (Å²) in [7, 11) is 1.59. The first-order valence-electron chi connectivity index (χ1n) is 11.4. The second-order valence-corrected chi connectivity index (χ2v) is 9.15. The van der Waals surface area contributed by atoms with Crippen LogP contribution in [0.15, 0.2) is 102 Å². The number of likely N-dealkylation sites (N-methyl/N-ethyl adjacent to an activating group) is 1. The number of hydrogen-bond donors (Lipinski definition) is 1. The van der Waals surface area contributed by atoms with E-state index in [4.69, 9.17) is 4.74 Å². The van der Waals surface area contributed by atoms with Gasteiger partial charge in [-0.1, -0.05) is 94.8 Å². The van der Waals surface area contributed by atoms with E-state index in [1.807, 2.05) is 97.1 Å². The maximum atomic E-state index is 13.6. The second-order valence-electron chi connectivity index (χ2n) is 8.23. The number of nitrogens with one attached hydrogen (secondary N) is 1. The van der Waals surface area contributed by atoms with Gasteiger partial charge in [-0.2, -0.15) is 0 Å². The molecule has 1 N–H and O–H groups in total. The zero-order valence-electron chi connectivity index (χ0n) is 19.5. The highest BCUT2D eigenvalue weighted by Crippen LogP contribution is 2.25. The highest BCUT2D eigenvalue weighted by Gasteiger charge is 2.30. The Morgan fingerprint density at radius 3 is 2.29 bits per heavy atom. The number of fused-ring (bicyclic) bond motifs is 1. The molecule has 4 rings (SSSR count). The highest BCUT2D eigenvalue weighted by atomic mass is 79.9. The zero-order valence-corrected chi connectivity index (χ0v) is 21.1. The smallest absolute Gasteiger partial charge is 0.261 e. The van der Waals surface area contributed by atoms with Crippen molar-refractivity contribution < 1.29 is 14.3 Å². The van der Waals surface area contributed by atoms with Crippen molar-refractivity contribution in [3.8, 4) is 5.75 Å². The van der Waals surface area contributed by atoms with Crippen molar-refractivity contribution in [3.05, 3.63) is 113 Å². The predicted octanol–water partition coefficient (Wildman–Crippen LogP) is 5.37. The third kappa shape index (κ3) is 6.28. The summed E-state index contributed by atoms with van der Waals surface area (Å²) < 4.78 is 6.95. The van der Waals surface area contributed by atoms with Gasteiger partial charge in [-0.15, -0.1) is 0 Å². The van der Waals surface area contributed by atoms with Gasteiger partial charge in [0.25, 0.3) is 5.91 Å². The van der Waals surface area contributed by atoms with Crippen molar-refractivity contribution >= 4 is 38.5 Å². The fourth-order valence-corrected chi connectivity index (χ4v) is 4.32. The molecule has 0 fully saturated rings. The Hall–Kier alpha value is -3.64. The van der Waals surface area contributed by atoms with Crippen molar-refractivity contribution in [1.82, 2.24) is 10.2 Å². The fraction of sp³-hybridized carbons (Fsp3) is 0.172. The van der Waals surface area contributed by atoms with Crippen LogP contribution < -0.4 is 10.1 Å². The molecular weight excluding hydrogens is 504 g/mol. The van der Waals surface area contributed by atoms with Crippen molar-refractivity contribution in [3.63, 3.8) is 0 Å². The molecular formula is C29H27BrN2O3. The Kier molecular flexibility index (Phi) is 8.16. The standard InChI is InChI=1S/C29H27BrN2O3/c1-31-29(34)26(18-21-8-3-2-4-9-21)32(19-22-14-16-24(30)17-15-22)28(33)20-35-27-13-7-11-23-10-5-6-12-25(23)27/h2-17,26H,18-20H2,1H3,(H,31,34)/t26-/m0/s1. The predicted molar refractivity (Wildman–Crippen MR) is 142 cm³/mol. The van der Waals surface area contributed by atoms with Gasteiger partial charge in [0, 0.05) is 29.9 Å². The first-order valence-corrected chi connectivity index (χ1v) is 12.2. The normalized spacial score (nSPS) is 11.6. The Balaban J connectivity index is 1.61. The minimum atomic E-state index is -0.685. The number of hydrogen-bond acceptors (Lipinski definition) is 3. The van der Waals surface area contributed by atoms with E-state index in [0.29, 0.717) is 12.2 Å². The van der Waals surface area contributed by atoms with Crippen LogP contribution in [0.3, 0.4) is 0 Å². The molecule has 0 radical (unpaired) electrons. The van der Waals surface area contributed by atoms with Gasteiger partial charge in [0.15, 0.2) is 6.61 Å². The Morgan fingerprint density at radius 1 is 0.857 bits per heavy atom. The Bertz CT molecular complexity index is 1290. The van der Waals surface area contributed by atoms with E-state index in [1.165, 1.54) is 0 Å². The van der Waals surface area contributed by atoms with Crippen LogP contribution >= 0.6 is 15.9 Å². The number of carbonyl (C=O) groups is 2. The molecule has 2 amide bonds. The molecule has 0 aliphatic rings. The van der Waals surface area contributed by atoms with Crippen LogP contribution in [-0.4, -0.2) is 36.4 Å². The largest absolute Gasteiger partial charge is 0.483 e. The number of nitrogens with zero attached hydrogens (tertiary/aromatic N) is 1. The third-order valence-electron chi connectivity index (χ3n) is 5.88. The molecule has 0 aliphatic carbocycles. The number of benzene rings is 4. The summed E-state index contributed by atoms with van der Waals surface area (Å²) >= 11 is 3.45. The topological polar surface area (TPSA) is 58.6 Å². The first-order chi connectivity index (χ1) is 17.0. The fourth-order valence-electron chi connectivity index (χ4n) is 4.05. The lowest BCUT2D eigenvalue weighted by molar-refractivity contribution is -0.142. The first kappa shape index (κ1) is 24.5. The van der Waals surface area contributed by atoms with Crippen molar-refractivity contribution in [2.24, 2.45) is 0 Å². The maximum Gasteiger partial charge on any atom is 0.261 e. The molecule has 4 aromatic carbocycles. The quantitative estimate of drug-likeness (QED) is 0.316. The van der Waals surface area contributed by atoms with Gasteiger partial charge >= 0.3 is 0 Å². The van der Waals surface area contributed by atoms with E-state index in [2.05, 4.69) is 21.2 Å². The molecule has 0 unspecified atom stereocenters. The summed E-state index contributed by atoms with van der Waals surface area (Å²) in [5, 5.41) is 4.71. The van der Waals surface area contributed by atoms with Crippen LogP contribution in [0, 0.1) is 0 Å². The van der Waals surface area contributed by atoms with E-state index in [-0.39, 0.29) is 25.0 Å². The van der Waals surface area contributed by atoms with E-state index < -0.39 is 6.04 Å². The maximum absolute atomic E-state index is 13.6. The molecule has 178 valence electrons. The van der Waals surface area contributed by atoms with Crippen LogP contribution in [0.2, 0.25) is 0 Å². The minimum absolute atomic E-state index is 0.174. The number of ether oxygens (including phenoxy) is 1. The average molecular weight is 531 g/mol. The minimum Gasteiger partial charge on any atom is -0.483 e. The molecule has 0 aliphatic heterocycles. The SMILES string of the molecule is CNC(=O)[C@H](Cc1ccccc1)N(Cc1ccc(Br)cc1)C(=O)COc1cccc2ccccc12. The van der Waals surface area contributed by atoms with Crippen LogP contribution in [-0.2, 0) is 22.6 Å². The van der Waals surface area contributed by atoms with Gasteiger partial charge in [-0.05, 0) is 34.7 Å². The molecule has 4 aromatic rings. The number of halogens is 1. The molecule has 6 heteroatoms. The molecule has 0 spiro atoms. The van der Waals surface area contributed by atoms with Gasteiger partial charge in [-0.25, -0.2) is 0 Å².